The van der Waals surface area contributed by atoms with Gasteiger partial charge in [0.2, 0.25) is 0 Å². The largest absolute Gasteiger partial charge is 0.465 e. The first-order valence-corrected chi connectivity index (χ1v) is 7.06. The van der Waals surface area contributed by atoms with Gasteiger partial charge in [-0.1, -0.05) is 12.1 Å². The van der Waals surface area contributed by atoms with Crippen LogP contribution >= 0.6 is 11.3 Å². The molecule has 0 radical (unpaired) electrons. The van der Waals surface area contributed by atoms with Crippen LogP contribution in [-0.4, -0.2) is 16.2 Å². The lowest BCUT2D eigenvalue weighted by Gasteiger charge is -2.11. The number of carbonyl (C=O) groups is 1. The summed E-state index contributed by atoms with van der Waals surface area (Å²) in [6.07, 6.45) is 0.805. The Hall–Kier alpha value is -1.88. The highest BCUT2D eigenvalue weighted by molar-refractivity contribution is 7.13. The van der Waals surface area contributed by atoms with E-state index in [0.29, 0.717) is 0 Å². The quantitative estimate of drug-likeness (QED) is 0.882. The average Bonchev–Trinajstić information content (AvgIpc) is 2.95. The highest BCUT2D eigenvalue weighted by Gasteiger charge is 2.24. The van der Waals surface area contributed by atoms with Gasteiger partial charge in [-0.15, -0.1) is 11.3 Å². The summed E-state index contributed by atoms with van der Waals surface area (Å²) in [4.78, 5) is 16.2. The van der Waals surface area contributed by atoms with Crippen LogP contribution < -0.4 is 5.32 Å². The minimum Gasteiger partial charge on any atom is -0.465 e. The molecule has 2 N–H and O–H groups in total. The van der Waals surface area contributed by atoms with Crippen LogP contribution in [0, 0.1) is 6.92 Å². The molecule has 0 fully saturated rings. The van der Waals surface area contributed by atoms with E-state index in [1.54, 1.807) is 11.3 Å². The number of fused-ring (bicyclic) bond motifs is 1. The van der Waals surface area contributed by atoms with Crippen LogP contribution in [0.15, 0.2) is 23.7 Å². The second-order valence-electron chi connectivity index (χ2n) is 4.72. The third kappa shape index (κ3) is 2.21. The summed E-state index contributed by atoms with van der Waals surface area (Å²) in [5.41, 5.74) is 6.42. The van der Waals surface area contributed by atoms with Crippen molar-refractivity contribution < 1.29 is 9.90 Å². The molecule has 1 atom stereocenters. The van der Waals surface area contributed by atoms with E-state index < -0.39 is 6.09 Å². The Balaban J connectivity index is 1.94. The molecule has 1 aromatic heterocycles. The molecule has 98 valence electrons. The van der Waals surface area contributed by atoms with E-state index in [1.165, 1.54) is 16.0 Å². The van der Waals surface area contributed by atoms with Gasteiger partial charge in [0.05, 0.1) is 22.1 Å². The summed E-state index contributed by atoms with van der Waals surface area (Å²) in [5, 5.41) is 11.4. The molecule has 4 nitrogen and oxygen atoms in total. The van der Waals surface area contributed by atoms with E-state index in [1.807, 2.05) is 18.5 Å². The Morgan fingerprint density at radius 2 is 2.37 bits per heavy atom. The Morgan fingerprint density at radius 3 is 3.05 bits per heavy atom. The number of benzene rings is 1. The lowest BCUT2D eigenvalue weighted by Crippen LogP contribution is -2.24. The predicted molar refractivity (Wildman–Crippen MR) is 74.5 cm³/mol. The molecule has 0 aliphatic heterocycles. The standard InChI is InChI=1S/C14H14N2O2S/c1-8-13(19-7-15-8)10-2-4-11-9(6-10)3-5-12(11)16-14(17)18/h2,4,6-7,12,16H,3,5H2,1H3,(H,17,18)/t12-/m0/s1. The number of amides is 1. The minimum absolute atomic E-state index is 0.0656. The van der Waals surface area contributed by atoms with Crippen LogP contribution in [-0.2, 0) is 6.42 Å². The predicted octanol–water partition coefficient (Wildman–Crippen LogP) is 3.37. The van der Waals surface area contributed by atoms with Gasteiger partial charge in [0.15, 0.2) is 0 Å². The van der Waals surface area contributed by atoms with E-state index in [4.69, 9.17) is 5.11 Å². The van der Waals surface area contributed by atoms with E-state index in [9.17, 15) is 4.79 Å². The fraction of sp³-hybridized carbons (Fsp3) is 0.286. The number of nitrogens with zero attached hydrogens (tertiary/aromatic N) is 1. The Labute approximate surface area is 115 Å². The molecule has 0 bridgehead atoms. The highest BCUT2D eigenvalue weighted by Crippen LogP contribution is 2.35. The zero-order chi connectivity index (χ0) is 13.4. The number of carboxylic acid groups (broad SMARTS) is 1. The molecule has 1 heterocycles. The van der Waals surface area contributed by atoms with Crippen molar-refractivity contribution in [1.29, 1.82) is 0 Å². The summed E-state index contributed by atoms with van der Waals surface area (Å²) in [5.74, 6) is 0. The maximum atomic E-state index is 10.7. The second kappa shape index (κ2) is 4.66. The number of nitrogens with one attached hydrogen (secondary N) is 1. The van der Waals surface area contributed by atoms with Crippen molar-refractivity contribution in [2.45, 2.75) is 25.8 Å². The summed E-state index contributed by atoms with van der Waals surface area (Å²) in [7, 11) is 0. The molecule has 1 aliphatic carbocycles. The first-order chi connectivity index (χ1) is 9.15. The lowest BCUT2D eigenvalue weighted by atomic mass is 10.0. The van der Waals surface area contributed by atoms with Crippen molar-refractivity contribution in [3.63, 3.8) is 0 Å². The fourth-order valence-electron chi connectivity index (χ4n) is 2.64. The van der Waals surface area contributed by atoms with Crippen molar-refractivity contribution in [3.8, 4) is 10.4 Å². The van der Waals surface area contributed by atoms with E-state index in [2.05, 4.69) is 22.4 Å². The molecule has 1 aromatic carbocycles. The number of thiazole rings is 1. The van der Waals surface area contributed by atoms with Crippen molar-refractivity contribution in [2.75, 3.05) is 0 Å². The first-order valence-electron chi connectivity index (χ1n) is 6.18. The van der Waals surface area contributed by atoms with Crippen LogP contribution in [0.5, 0.6) is 0 Å². The zero-order valence-electron chi connectivity index (χ0n) is 10.5. The Kier molecular flexibility index (Phi) is 2.98. The van der Waals surface area contributed by atoms with E-state index in [-0.39, 0.29) is 6.04 Å². The van der Waals surface area contributed by atoms with Gasteiger partial charge in [0.25, 0.3) is 0 Å². The lowest BCUT2D eigenvalue weighted by molar-refractivity contribution is 0.190. The summed E-state index contributed by atoms with van der Waals surface area (Å²) >= 11 is 1.64. The third-order valence-electron chi connectivity index (χ3n) is 3.53. The van der Waals surface area contributed by atoms with Crippen molar-refractivity contribution in [1.82, 2.24) is 10.3 Å². The smallest absolute Gasteiger partial charge is 0.405 e. The summed E-state index contributed by atoms with van der Waals surface area (Å²) in [6, 6.07) is 6.20. The van der Waals surface area contributed by atoms with E-state index in [0.717, 1.165) is 24.1 Å². The molecule has 0 unspecified atom stereocenters. The number of rotatable bonds is 2. The van der Waals surface area contributed by atoms with Crippen molar-refractivity contribution in [2.24, 2.45) is 0 Å². The van der Waals surface area contributed by atoms with Crippen LogP contribution in [0.25, 0.3) is 10.4 Å². The molecular formula is C14H14N2O2S. The third-order valence-corrected chi connectivity index (χ3v) is 4.50. The van der Waals surface area contributed by atoms with E-state index >= 15 is 0 Å². The maximum absolute atomic E-state index is 10.7. The van der Waals surface area contributed by atoms with Crippen LogP contribution in [0.2, 0.25) is 0 Å². The Morgan fingerprint density at radius 1 is 1.53 bits per heavy atom. The van der Waals surface area contributed by atoms with Gasteiger partial charge in [-0.25, -0.2) is 9.78 Å². The van der Waals surface area contributed by atoms with Gasteiger partial charge < -0.3 is 10.4 Å². The molecule has 3 rings (SSSR count). The van der Waals surface area contributed by atoms with Crippen molar-refractivity contribution >= 4 is 17.4 Å². The molecule has 2 aromatic rings. The molecule has 1 aliphatic rings. The molecular weight excluding hydrogens is 260 g/mol. The number of aryl methyl sites for hydroxylation is 2. The number of hydrogen-bond acceptors (Lipinski definition) is 3. The maximum Gasteiger partial charge on any atom is 0.405 e. The van der Waals surface area contributed by atoms with Gasteiger partial charge in [0.1, 0.15) is 0 Å². The van der Waals surface area contributed by atoms with Gasteiger partial charge in [-0.2, -0.15) is 0 Å². The molecule has 0 saturated heterocycles. The fourth-order valence-corrected chi connectivity index (χ4v) is 3.44. The first kappa shape index (κ1) is 12.2. The molecule has 0 saturated carbocycles. The minimum atomic E-state index is -0.958. The molecule has 5 heteroatoms. The summed E-state index contributed by atoms with van der Waals surface area (Å²) < 4.78 is 0. The van der Waals surface area contributed by atoms with Crippen molar-refractivity contribution in [3.05, 3.63) is 40.5 Å². The SMILES string of the molecule is Cc1ncsc1-c1ccc2c(c1)CC[C@@H]2NC(=O)O. The van der Waals surface area contributed by atoms with Crippen LogP contribution in [0.3, 0.4) is 0 Å². The second-order valence-corrected chi connectivity index (χ2v) is 5.58. The molecule has 0 spiro atoms. The van der Waals surface area contributed by atoms with Crippen LogP contribution in [0.4, 0.5) is 4.79 Å². The highest BCUT2D eigenvalue weighted by atomic mass is 32.1. The van der Waals surface area contributed by atoms with Gasteiger partial charge in [-0.3, -0.25) is 0 Å². The summed E-state index contributed by atoms with van der Waals surface area (Å²) in [6.45, 7) is 2.01. The molecule has 19 heavy (non-hydrogen) atoms. The topological polar surface area (TPSA) is 62.2 Å². The number of hydrogen-bond donors (Lipinski definition) is 2. The van der Waals surface area contributed by atoms with Gasteiger partial charge in [0, 0.05) is 0 Å². The van der Waals surface area contributed by atoms with Gasteiger partial charge >= 0.3 is 6.09 Å². The van der Waals surface area contributed by atoms with Crippen LogP contribution in [0.1, 0.15) is 29.3 Å². The zero-order valence-corrected chi connectivity index (χ0v) is 11.3. The number of aromatic nitrogens is 1. The molecule has 1 amide bonds. The average molecular weight is 274 g/mol. The Bertz CT molecular complexity index is 636. The normalized spacial score (nSPS) is 17.2. The monoisotopic (exact) mass is 274 g/mol. The van der Waals surface area contributed by atoms with Gasteiger partial charge in [-0.05, 0) is 42.5 Å².